The first-order valence-corrected chi connectivity index (χ1v) is 5.69. The second kappa shape index (κ2) is 5.17. The topological polar surface area (TPSA) is 76.3 Å². The number of alkyl halides is 3. The van der Waals surface area contributed by atoms with E-state index >= 15 is 0 Å². The summed E-state index contributed by atoms with van der Waals surface area (Å²) < 4.78 is 43.5. The number of nitrogens with one attached hydrogen (secondary N) is 1. The van der Waals surface area contributed by atoms with Crippen molar-refractivity contribution in [3.05, 3.63) is 11.8 Å². The molecule has 1 aliphatic heterocycles. The summed E-state index contributed by atoms with van der Waals surface area (Å²) >= 11 is 0. The summed E-state index contributed by atoms with van der Waals surface area (Å²) in [6, 6.07) is 0.859. The Kier molecular flexibility index (Phi) is 3.76. The molecule has 0 aliphatic carbocycles. The molecule has 9 heteroatoms. The molecule has 0 aromatic carbocycles. The van der Waals surface area contributed by atoms with E-state index in [4.69, 9.17) is 10.6 Å². The van der Waals surface area contributed by atoms with Crippen LogP contribution in [0.4, 0.5) is 24.9 Å². The summed E-state index contributed by atoms with van der Waals surface area (Å²) in [7, 11) is 0. The van der Waals surface area contributed by atoms with Gasteiger partial charge in [0, 0.05) is 12.6 Å². The lowest BCUT2D eigenvalue weighted by Gasteiger charge is -2.34. The van der Waals surface area contributed by atoms with Gasteiger partial charge in [0.1, 0.15) is 5.82 Å². The molecule has 1 fully saturated rings. The van der Waals surface area contributed by atoms with Gasteiger partial charge < -0.3 is 9.64 Å². The van der Waals surface area contributed by atoms with Gasteiger partial charge in [-0.15, -0.1) is 0 Å². The third-order valence-corrected chi connectivity index (χ3v) is 2.79. The van der Waals surface area contributed by atoms with Gasteiger partial charge in [-0.3, -0.25) is 5.43 Å². The first-order chi connectivity index (χ1) is 8.91. The van der Waals surface area contributed by atoms with Crippen LogP contribution in [0.1, 0.15) is 12.6 Å². The molecule has 1 aliphatic rings. The van der Waals surface area contributed by atoms with Crippen molar-refractivity contribution in [2.24, 2.45) is 5.84 Å². The van der Waals surface area contributed by atoms with E-state index in [1.807, 2.05) is 6.92 Å². The summed E-state index contributed by atoms with van der Waals surface area (Å²) in [6.45, 7) is 3.21. The number of aromatic nitrogens is 2. The van der Waals surface area contributed by atoms with Crippen molar-refractivity contribution in [3.63, 3.8) is 0 Å². The molecule has 19 heavy (non-hydrogen) atoms. The molecule has 1 atom stereocenters. The minimum absolute atomic E-state index is 0.0599. The normalized spacial score (nSPS) is 20.5. The number of halogens is 3. The number of nitrogens with two attached hydrogens (primary N) is 1. The highest BCUT2D eigenvalue weighted by atomic mass is 19.4. The van der Waals surface area contributed by atoms with Crippen LogP contribution < -0.4 is 16.2 Å². The third-order valence-electron chi connectivity index (χ3n) is 2.79. The average molecular weight is 277 g/mol. The van der Waals surface area contributed by atoms with E-state index in [1.165, 1.54) is 0 Å². The van der Waals surface area contributed by atoms with Gasteiger partial charge in [-0.1, -0.05) is 0 Å². The van der Waals surface area contributed by atoms with Crippen LogP contribution >= 0.6 is 0 Å². The highest BCUT2D eigenvalue weighted by Gasteiger charge is 2.34. The molecule has 3 N–H and O–H groups in total. The van der Waals surface area contributed by atoms with Gasteiger partial charge in [0.25, 0.3) is 0 Å². The van der Waals surface area contributed by atoms with Crippen LogP contribution in [0.3, 0.4) is 0 Å². The first-order valence-electron chi connectivity index (χ1n) is 5.69. The van der Waals surface area contributed by atoms with Crippen LogP contribution in [-0.4, -0.2) is 35.8 Å². The minimum Gasteiger partial charge on any atom is -0.377 e. The zero-order valence-corrected chi connectivity index (χ0v) is 10.2. The Morgan fingerprint density at radius 2 is 2.21 bits per heavy atom. The molecule has 0 amide bonds. The number of hydrogen-bond acceptors (Lipinski definition) is 6. The summed E-state index contributed by atoms with van der Waals surface area (Å²) in [5, 5.41) is 0. The highest BCUT2D eigenvalue weighted by molar-refractivity contribution is 5.46. The summed E-state index contributed by atoms with van der Waals surface area (Å²) in [4.78, 5) is 9.01. The molecule has 0 bridgehead atoms. The third kappa shape index (κ3) is 3.04. The first kappa shape index (κ1) is 13.8. The van der Waals surface area contributed by atoms with E-state index < -0.39 is 11.9 Å². The molecular formula is C10H14F3N5O. The molecule has 106 valence electrons. The van der Waals surface area contributed by atoms with Crippen molar-refractivity contribution in [3.8, 4) is 0 Å². The lowest BCUT2D eigenvalue weighted by atomic mass is 10.2. The number of nitrogens with zero attached hydrogens (tertiary/aromatic N) is 3. The Morgan fingerprint density at radius 1 is 1.47 bits per heavy atom. The smallest absolute Gasteiger partial charge is 0.377 e. The molecule has 0 spiro atoms. The second-order valence-corrected chi connectivity index (χ2v) is 4.19. The number of anilines is 2. The number of rotatable bonds is 2. The van der Waals surface area contributed by atoms with Crippen LogP contribution in [0.25, 0.3) is 0 Å². The van der Waals surface area contributed by atoms with Gasteiger partial charge in [-0.05, 0) is 6.92 Å². The fraction of sp³-hybridized carbons (Fsp3) is 0.600. The highest BCUT2D eigenvalue weighted by Crippen LogP contribution is 2.31. The van der Waals surface area contributed by atoms with Crippen molar-refractivity contribution in [2.45, 2.75) is 19.1 Å². The van der Waals surface area contributed by atoms with Crippen LogP contribution in [0.5, 0.6) is 0 Å². The zero-order chi connectivity index (χ0) is 14.0. The van der Waals surface area contributed by atoms with E-state index in [9.17, 15) is 13.2 Å². The molecule has 1 unspecified atom stereocenters. The largest absolute Gasteiger partial charge is 0.433 e. The van der Waals surface area contributed by atoms with Gasteiger partial charge in [0.05, 0.1) is 19.3 Å². The predicted molar refractivity (Wildman–Crippen MR) is 62.5 cm³/mol. The standard InChI is InChI=1S/C10H14F3N5O/c1-6-5-19-3-2-18(6)8-4-7(10(11,12)13)15-9(16-8)17-14/h4,6H,2-3,5,14H2,1H3,(H,15,16,17). The molecule has 6 nitrogen and oxygen atoms in total. The zero-order valence-electron chi connectivity index (χ0n) is 10.2. The number of hydrogen-bond donors (Lipinski definition) is 2. The van der Waals surface area contributed by atoms with E-state index in [0.29, 0.717) is 19.8 Å². The molecule has 1 saturated heterocycles. The SMILES string of the molecule is CC1COCCN1c1cc(C(F)(F)F)nc(NN)n1. The fourth-order valence-electron chi connectivity index (χ4n) is 1.86. The Labute approximate surface area is 107 Å². The Morgan fingerprint density at radius 3 is 2.79 bits per heavy atom. The van der Waals surface area contributed by atoms with Gasteiger partial charge in [-0.25, -0.2) is 10.8 Å². The quantitative estimate of drug-likeness (QED) is 0.620. The summed E-state index contributed by atoms with van der Waals surface area (Å²) in [5.41, 5.74) is 1.03. The van der Waals surface area contributed by atoms with Crippen molar-refractivity contribution >= 4 is 11.8 Å². The van der Waals surface area contributed by atoms with E-state index in [0.717, 1.165) is 6.07 Å². The monoisotopic (exact) mass is 277 g/mol. The van der Waals surface area contributed by atoms with Gasteiger partial charge in [0.15, 0.2) is 5.69 Å². The second-order valence-electron chi connectivity index (χ2n) is 4.19. The average Bonchev–Trinajstić information content (AvgIpc) is 2.37. The Balaban J connectivity index is 2.39. The van der Waals surface area contributed by atoms with Crippen molar-refractivity contribution in [2.75, 3.05) is 30.1 Å². The lowest BCUT2D eigenvalue weighted by Crippen LogP contribution is -2.44. The summed E-state index contributed by atoms with van der Waals surface area (Å²) in [6.07, 6.45) is -4.54. The predicted octanol–water partition coefficient (Wildman–Crippen LogP) is 1.01. The Bertz CT molecular complexity index is 453. The van der Waals surface area contributed by atoms with Gasteiger partial charge in [0.2, 0.25) is 5.95 Å². The van der Waals surface area contributed by atoms with E-state index in [1.54, 1.807) is 4.90 Å². The van der Waals surface area contributed by atoms with Gasteiger partial charge >= 0.3 is 6.18 Å². The van der Waals surface area contributed by atoms with Crippen molar-refractivity contribution in [1.82, 2.24) is 9.97 Å². The number of hydrazine groups is 1. The summed E-state index contributed by atoms with van der Waals surface area (Å²) in [5.74, 6) is 5.04. The van der Waals surface area contributed by atoms with Crippen LogP contribution in [0.15, 0.2) is 6.07 Å². The number of nitrogen functional groups attached to an aromatic ring is 1. The molecule has 1 aromatic rings. The van der Waals surface area contributed by atoms with Crippen LogP contribution in [0.2, 0.25) is 0 Å². The van der Waals surface area contributed by atoms with E-state index in [-0.39, 0.29) is 17.8 Å². The number of morpholine rings is 1. The molecule has 0 radical (unpaired) electrons. The van der Waals surface area contributed by atoms with Crippen LogP contribution in [0, 0.1) is 0 Å². The molecular weight excluding hydrogens is 263 g/mol. The van der Waals surface area contributed by atoms with Gasteiger partial charge in [-0.2, -0.15) is 18.2 Å². The molecule has 1 aromatic heterocycles. The Hall–Kier alpha value is -1.61. The molecule has 0 saturated carbocycles. The maximum Gasteiger partial charge on any atom is 0.433 e. The molecule has 2 rings (SSSR count). The minimum atomic E-state index is -4.54. The molecule has 2 heterocycles. The maximum absolute atomic E-state index is 12.7. The van der Waals surface area contributed by atoms with Crippen LogP contribution in [-0.2, 0) is 10.9 Å². The number of ether oxygens (including phenoxy) is 1. The van der Waals surface area contributed by atoms with E-state index in [2.05, 4.69) is 15.4 Å². The maximum atomic E-state index is 12.7. The van der Waals surface area contributed by atoms with Crippen molar-refractivity contribution in [1.29, 1.82) is 0 Å². The fourth-order valence-corrected chi connectivity index (χ4v) is 1.86. The van der Waals surface area contributed by atoms with Crippen molar-refractivity contribution < 1.29 is 17.9 Å². The lowest BCUT2D eigenvalue weighted by molar-refractivity contribution is -0.141.